The van der Waals surface area contributed by atoms with Crippen molar-refractivity contribution in [3.8, 4) is 0 Å². The molecule has 7 nitrogen and oxygen atoms in total. The molecule has 1 saturated carbocycles. The molecule has 2 aliphatic rings. The highest BCUT2D eigenvalue weighted by Gasteiger charge is 2.32. The number of nitrogens with zero attached hydrogens (tertiary/aromatic N) is 4. The van der Waals surface area contributed by atoms with Crippen molar-refractivity contribution in [2.24, 2.45) is 5.92 Å². The van der Waals surface area contributed by atoms with E-state index in [-0.39, 0.29) is 23.8 Å². The lowest BCUT2D eigenvalue weighted by molar-refractivity contribution is 0.373. The highest BCUT2D eigenvalue weighted by atomic mass is 32.2. The number of anilines is 4. The van der Waals surface area contributed by atoms with E-state index in [4.69, 9.17) is 10.7 Å². The minimum absolute atomic E-state index is 0.0695. The molecule has 1 saturated heterocycles. The number of hydrogen-bond acceptors (Lipinski definition) is 8. The first-order valence-corrected chi connectivity index (χ1v) is 13.4. The van der Waals surface area contributed by atoms with Crippen molar-refractivity contribution in [3.05, 3.63) is 24.0 Å². The molecule has 1 aliphatic carbocycles. The van der Waals surface area contributed by atoms with Gasteiger partial charge in [-0.25, -0.2) is 4.39 Å². The number of thioether (sulfide) groups is 1. The third-order valence-corrected chi connectivity index (χ3v) is 7.63. The molecule has 2 aromatic rings. The van der Waals surface area contributed by atoms with Crippen LogP contribution in [-0.2, 0) is 0 Å². The van der Waals surface area contributed by atoms with Crippen molar-refractivity contribution in [2.45, 2.75) is 75.3 Å². The average molecular weight is 474 g/mol. The fourth-order valence-electron chi connectivity index (χ4n) is 5.14. The van der Waals surface area contributed by atoms with Gasteiger partial charge in [0.2, 0.25) is 17.8 Å². The van der Waals surface area contributed by atoms with Crippen LogP contribution in [0.5, 0.6) is 0 Å². The minimum Gasteiger partial charge on any atom is -0.368 e. The molecular weight excluding hydrogens is 437 g/mol. The largest absolute Gasteiger partial charge is 0.368 e. The van der Waals surface area contributed by atoms with Gasteiger partial charge in [-0.3, -0.25) is 0 Å². The van der Waals surface area contributed by atoms with Crippen LogP contribution >= 0.6 is 11.8 Å². The summed E-state index contributed by atoms with van der Waals surface area (Å²) in [6.45, 7) is 3.97. The predicted molar refractivity (Wildman–Crippen MR) is 135 cm³/mol. The average Bonchev–Trinajstić information content (AvgIpc) is 3.36. The molecule has 0 spiro atoms. The number of nitrogens with one attached hydrogen (secondary N) is 2. The third-order valence-electron chi connectivity index (χ3n) is 6.86. The van der Waals surface area contributed by atoms with Crippen LogP contribution in [0.15, 0.2) is 23.1 Å². The van der Waals surface area contributed by atoms with Gasteiger partial charge in [-0.1, -0.05) is 26.2 Å². The molecule has 1 aliphatic heterocycles. The van der Waals surface area contributed by atoms with Crippen LogP contribution in [0, 0.1) is 11.7 Å². The smallest absolute Gasteiger partial charge is 0.236 e. The maximum atomic E-state index is 14.8. The molecule has 0 amide bonds. The number of nitrogens with two attached hydrogens (primary N) is 1. The lowest BCUT2D eigenvalue weighted by Gasteiger charge is -2.35. The van der Waals surface area contributed by atoms with E-state index in [9.17, 15) is 4.39 Å². The molecule has 180 valence electrons. The molecule has 4 rings (SSSR count). The molecule has 1 aromatic heterocycles. The first-order valence-electron chi connectivity index (χ1n) is 12.2. The van der Waals surface area contributed by atoms with Crippen molar-refractivity contribution in [2.75, 3.05) is 35.3 Å². The van der Waals surface area contributed by atoms with Gasteiger partial charge in [-0.2, -0.15) is 15.0 Å². The Labute approximate surface area is 200 Å². The summed E-state index contributed by atoms with van der Waals surface area (Å²) in [7, 11) is 0. The molecule has 33 heavy (non-hydrogen) atoms. The molecule has 0 bridgehead atoms. The maximum absolute atomic E-state index is 14.8. The van der Waals surface area contributed by atoms with Gasteiger partial charge in [0.1, 0.15) is 5.82 Å². The van der Waals surface area contributed by atoms with E-state index in [1.165, 1.54) is 43.9 Å². The summed E-state index contributed by atoms with van der Waals surface area (Å²) in [5, 5.41) is 7.00. The number of nitrogen functional groups attached to an aromatic ring is 1. The van der Waals surface area contributed by atoms with E-state index in [0.29, 0.717) is 22.7 Å². The Morgan fingerprint density at radius 2 is 2.00 bits per heavy atom. The van der Waals surface area contributed by atoms with Crippen molar-refractivity contribution in [1.82, 2.24) is 20.3 Å². The lowest BCUT2D eigenvalue weighted by atomic mass is 9.89. The van der Waals surface area contributed by atoms with Gasteiger partial charge in [-0.05, 0) is 69.0 Å². The lowest BCUT2D eigenvalue weighted by Crippen LogP contribution is -2.46. The van der Waals surface area contributed by atoms with E-state index < -0.39 is 0 Å². The van der Waals surface area contributed by atoms with E-state index in [1.54, 1.807) is 6.07 Å². The van der Waals surface area contributed by atoms with Crippen LogP contribution in [0.4, 0.5) is 27.9 Å². The third kappa shape index (κ3) is 5.87. The summed E-state index contributed by atoms with van der Waals surface area (Å²) in [5.74, 6) is 1.52. The number of rotatable bonds is 9. The highest BCUT2D eigenvalue weighted by Crippen LogP contribution is 2.33. The standard InChI is InChI=1S/C24H36FN7S/c1-3-20(19-10-7-13-27-19)32(17-11-12-21(33-2)18(25)14-17)24-30-22(26)29-23(31-24)28-15-16-8-5-4-6-9-16/h11-12,14,16,19-20,27H,3-10,13,15H2,1-2H3,(H3,26,28,29,30,31). The fraction of sp³-hybridized carbons (Fsp3) is 0.625. The van der Waals surface area contributed by atoms with Crippen LogP contribution in [0.25, 0.3) is 0 Å². The van der Waals surface area contributed by atoms with Crippen molar-refractivity contribution in [1.29, 1.82) is 0 Å². The summed E-state index contributed by atoms with van der Waals surface area (Å²) >= 11 is 1.40. The zero-order chi connectivity index (χ0) is 23.2. The Morgan fingerprint density at radius 1 is 1.18 bits per heavy atom. The first kappa shape index (κ1) is 24.0. The fourth-order valence-corrected chi connectivity index (χ4v) is 5.60. The van der Waals surface area contributed by atoms with Crippen LogP contribution in [0.3, 0.4) is 0 Å². The zero-order valence-electron chi connectivity index (χ0n) is 19.7. The topological polar surface area (TPSA) is 92.0 Å². The Balaban J connectivity index is 1.66. The molecule has 2 fully saturated rings. The van der Waals surface area contributed by atoms with Crippen LogP contribution in [-0.4, -0.2) is 46.4 Å². The molecule has 9 heteroatoms. The summed E-state index contributed by atoms with van der Waals surface area (Å²) in [6.07, 6.45) is 11.3. The van der Waals surface area contributed by atoms with Crippen LogP contribution in [0.2, 0.25) is 0 Å². The quantitative estimate of drug-likeness (QED) is 0.440. The molecular formula is C24H36FN7S. The van der Waals surface area contributed by atoms with E-state index >= 15 is 0 Å². The molecule has 2 unspecified atom stereocenters. The second kappa shape index (κ2) is 11.3. The molecule has 1 aromatic carbocycles. The van der Waals surface area contributed by atoms with Gasteiger partial charge in [0.05, 0.1) is 6.04 Å². The molecule has 0 radical (unpaired) electrons. The van der Waals surface area contributed by atoms with Gasteiger partial charge >= 0.3 is 0 Å². The second-order valence-electron chi connectivity index (χ2n) is 9.07. The summed E-state index contributed by atoms with van der Waals surface area (Å²) in [4.78, 5) is 16.3. The number of hydrogen-bond donors (Lipinski definition) is 3. The van der Waals surface area contributed by atoms with Gasteiger partial charge < -0.3 is 21.3 Å². The van der Waals surface area contributed by atoms with Gasteiger partial charge in [0.15, 0.2) is 0 Å². The normalized spacial score (nSPS) is 20.0. The van der Waals surface area contributed by atoms with Crippen LogP contribution in [0.1, 0.15) is 58.3 Å². The molecule has 2 heterocycles. The van der Waals surface area contributed by atoms with Crippen molar-refractivity contribution >= 4 is 35.3 Å². The van der Waals surface area contributed by atoms with Crippen molar-refractivity contribution < 1.29 is 4.39 Å². The monoisotopic (exact) mass is 473 g/mol. The van der Waals surface area contributed by atoms with Gasteiger partial charge in [0.25, 0.3) is 0 Å². The highest BCUT2D eigenvalue weighted by molar-refractivity contribution is 7.98. The second-order valence-corrected chi connectivity index (χ2v) is 9.92. The summed E-state index contributed by atoms with van der Waals surface area (Å²) in [6, 6.07) is 5.69. The van der Waals surface area contributed by atoms with E-state index in [1.807, 2.05) is 23.3 Å². The SMILES string of the molecule is CCC(C1CCCN1)N(c1ccc(SC)c(F)c1)c1nc(N)nc(NCC2CCCCC2)n1. The Bertz CT molecular complexity index is 916. The van der Waals surface area contributed by atoms with Gasteiger partial charge in [0, 0.05) is 23.2 Å². The number of aromatic nitrogens is 3. The molecule has 2 atom stereocenters. The van der Waals surface area contributed by atoms with Crippen LogP contribution < -0.4 is 21.3 Å². The van der Waals surface area contributed by atoms with Gasteiger partial charge in [-0.15, -0.1) is 11.8 Å². The summed E-state index contributed by atoms with van der Waals surface area (Å²) < 4.78 is 14.8. The molecule has 4 N–H and O–H groups in total. The first-order chi connectivity index (χ1) is 16.1. The van der Waals surface area contributed by atoms with E-state index in [0.717, 1.165) is 38.0 Å². The number of halogens is 1. The van der Waals surface area contributed by atoms with Crippen molar-refractivity contribution in [3.63, 3.8) is 0 Å². The Kier molecular flexibility index (Phi) is 8.25. The van der Waals surface area contributed by atoms with E-state index in [2.05, 4.69) is 27.5 Å². The minimum atomic E-state index is -0.239. The number of benzene rings is 1. The zero-order valence-corrected chi connectivity index (χ0v) is 20.5. The Morgan fingerprint density at radius 3 is 2.67 bits per heavy atom. The summed E-state index contributed by atoms with van der Waals surface area (Å²) in [5.41, 5.74) is 6.86. The predicted octanol–water partition coefficient (Wildman–Crippen LogP) is 4.98. The maximum Gasteiger partial charge on any atom is 0.236 e. The Hall–Kier alpha value is -2.13.